The Kier molecular flexibility index (Phi) is 2.87. The molecule has 0 amide bonds. The summed E-state index contributed by atoms with van der Waals surface area (Å²) in [5, 5.41) is 13.3. The van der Waals surface area contributed by atoms with Gasteiger partial charge < -0.3 is 9.84 Å². The summed E-state index contributed by atoms with van der Waals surface area (Å²) in [7, 11) is 1.82. The van der Waals surface area contributed by atoms with Crippen LogP contribution in [0.25, 0.3) is 0 Å². The summed E-state index contributed by atoms with van der Waals surface area (Å²) >= 11 is 0. The molecule has 0 radical (unpaired) electrons. The molecule has 0 saturated heterocycles. The lowest BCUT2D eigenvalue weighted by atomic mass is 10.2. The van der Waals surface area contributed by atoms with E-state index in [2.05, 4.69) is 10.1 Å². The SMILES string of the molecule is C[C@H](O)c1ccc(Oc2cnn(C)c2)nc1. The number of hydrogen-bond donors (Lipinski definition) is 1. The number of aryl methyl sites for hydroxylation is 1. The standard InChI is InChI=1S/C11H13N3O2/c1-8(15)9-3-4-11(12-5-9)16-10-6-13-14(2)7-10/h3-8,15H,1-2H3/t8-/m0/s1. The number of aliphatic hydroxyl groups excluding tert-OH is 1. The molecule has 2 heterocycles. The van der Waals surface area contributed by atoms with Crippen LogP contribution < -0.4 is 4.74 Å². The second-order valence-corrected chi connectivity index (χ2v) is 3.56. The van der Waals surface area contributed by atoms with Gasteiger partial charge in [-0.1, -0.05) is 0 Å². The zero-order valence-electron chi connectivity index (χ0n) is 9.16. The molecular formula is C11H13N3O2. The van der Waals surface area contributed by atoms with Crippen molar-refractivity contribution in [2.45, 2.75) is 13.0 Å². The van der Waals surface area contributed by atoms with Gasteiger partial charge in [0.25, 0.3) is 0 Å². The summed E-state index contributed by atoms with van der Waals surface area (Å²) in [6.45, 7) is 1.69. The highest BCUT2D eigenvalue weighted by Gasteiger charge is 2.03. The predicted molar refractivity (Wildman–Crippen MR) is 58.2 cm³/mol. The molecule has 0 aromatic carbocycles. The van der Waals surface area contributed by atoms with Gasteiger partial charge in [0.1, 0.15) is 0 Å². The third kappa shape index (κ3) is 2.38. The molecule has 5 nitrogen and oxygen atoms in total. The monoisotopic (exact) mass is 219 g/mol. The fraction of sp³-hybridized carbons (Fsp3) is 0.273. The van der Waals surface area contributed by atoms with E-state index in [0.717, 1.165) is 5.56 Å². The summed E-state index contributed by atoms with van der Waals surface area (Å²) in [6, 6.07) is 3.50. The van der Waals surface area contributed by atoms with Gasteiger partial charge in [0.2, 0.25) is 5.88 Å². The van der Waals surface area contributed by atoms with E-state index in [4.69, 9.17) is 4.74 Å². The van der Waals surface area contributed by atoms with Crippen molar-refractivity contribution >= 4 is 0 Å². The molecule has 0 aliphatic carbocycles. The zero-order chi connectivity index (χ0) is 11.5. The Bertz CT molecular complexity index is 462. The first-order valence-electron chi connectivity index (χ1n) is 4.95. The first kappa shape index (κ1) is 10.6. The van der Waals surface area contributed by atoms with Gasteiger partial charge in [0, 0.05) is 19.3 Å². The van der Waals surface area contributed by atoms with E-state index < -0.39 is 6.10 Å². The van der Waals surface area contributed by atoms with Crippen molar-refractivity contribution < 1.29 is 9.84 Å². The Labute approximate surface area is 93.3 Å². The summed E-state index contributed by atoms with van der Waals surface area (Å²) in [4.78, 5) is 4.09. The van der Waals surface area contributed by atoms with Crippen molar-refractivity contribution in [2.75, 3.05) is 0 Å². The van der Waals surface area contributed by atoms with Crippen molar-refractivity contribution in [3.63, 3.8) is 0 Å². The number of aliphatic hydroxyl groups is 1. The highest BCUT2D eigenvalue weighted by atomic mass is 16.5. The first-order valence-corrected chi connectivity index (χ1v) is 4.95. The van der Waals surface area contributed by atoms with E-state index >= 15 is 0 Å². The Morgan fingerprint density at radius 1 is 1.38 bits per heavy atom. The largest absolute Gasteiger partial charge is 0.436 e. The van der Waals surface area contributed by atoms with Crippen LogP contribution in [0.3, 0.4) is 0 Å². The van der Waals surface area contributed by atoms with Crippen molar-refractivity contribution in [2.24, 2.45) is 7.05 Å². The Morgan fingerprint density at radius 3 is 2.69 bits per heavy atom. The first-order chi connectivity index (χ1) is 7.65. The van der Waals surface area contributed by atoms with E-state index in [1.54, 1.807) is 42.3 Å². The van der Waals surface area contributed by atoms with Gasteiger partial charge in [-0.2, -0.15) is 5.10 Å². The minimum atomic E-state index is -0.514. The molecular weight excluding hydrogens is 206 g/mol. The summed E-state index contributed by atoms with van der Waals surface area (Å²) < 4.78 is 7.11. The minimum absolute atomic E-state index is 0.484. The molecule has 2 aromatic rings. The highest BCUT2D eigenvalue weighted by Crippen LogP contribution is 2.19. The maximum absolute atomic E-state index is 9.31. The molecule has 2 rings (SSSR count). The molecule has 1 N–H and O–H groups in total. The number of hydrogen-bond acceptors (Lipinski definition) is 4. The van der Waals surface area contributed by atoms with Crippen LogP contribution in [0.2, 0.25) is 0 Å². The van der Waals surface area contributed by atoms with Gasteiger partial charge in [-0.3, -0.25) is 4.68 Å². The number of nitrogens with zero attached hydrogens (tertiary/aromatic N) is 3. The topological polar surface area (TPSA) is 60.2 Å². The predicted octanol–water partition coefficient (Wildman–Crippen LogP) is 1.66. The number of aromatic nitrogens is 3. The van der Waals surface area contributed by atoms with E-state index in [0.29, 0.717) is 11.6 Å². The lowest BCUT2D eigenvalue weighted by Gasteiger charge is -2.05. The number of ether oxygens (including phenoxy) is 1. The van der Waals surface area contributed by atoms with E-state index in [1.807, 2.05) is 7.05 Å². The highest BCUT2D eigenvalue weighted by molar-refractivity contribution is 5.24. The van der Waals surface area contributed by atoms with Crippen LogP contribution in [0.5, 0.6) is 11.6 Å². The van der Waals surface area contributed by atoms with Gasteiger partial charge in [0.05, 0.1) is 18.5 Å². The van der Waals surface area contributed by atoms with Crippen LogP contribution in [-0.4, -0.2) is 19.9 Å². The molecule has 5 heteroatoms. The molecule has 0 bridgehead atoms. The number of rotatable bonds is 3. The van der Waals surface area contributed by atoms with E-state index in [9.17, 15) is 5.11 Å². The lowest BCUT2D eigenvalue weighted by Crippen LogP contribution is -1.93. The molecule has 2 aromatic heterocycles. The van der Waals surface area contributed by atoms with Crippen LogP contribution in [0.15, 0.2) is 30.7 Å². The quantitative estimate of drug-likeness (QED) is 0.852. The molecule has 0 fully saturated rings. The third-order valence-electron chi connectivity index (χ3n) is 2.15. The normalized spacial score (nSPS) is 12.4. The van der Waals surface area contributed by atoms with Gasteiger partial charge in [-0.25, -0.2) is 4.98 Å². The van der Waals surface area contributed by atoms with E-state index in [-0.39, 0.29) is 0 Å². The van der Waals surface area contributed by atoms with Gasteiger partial charge in [0.15, 0.2) is 5.75 Å². The second kappa shape index (κ2) is 4.32. The molecule has 0 aliphatic heterocycles. The maximum Gasteiger partial charge on any atom is 0.219 e. The van der Waals surface area contributed by atoms with Crippen LogP contribution in [0.4, 0.5) is 0 Å². The lowest BCUT2D eigenvalue weighted by molar-refractivity contribution is 0.198. The molecule has 84 valence electrons. The van der Waals surface area contributed by atoms with Gasteiger partial charge in [-0.15, -0.1) is 0 Å². The molecule has 0 aliphatic rings. The average molecular weight is 219 g/mol. The van der Waals surface area contributed by atoms with Crippen LogP contribution in [0, 0.1) is 0 Å². The molecule has 0 saturated carbocycles. The Balaban J connectivity index is 2.11. The van der Waals surface area contributed by atoms with Crippen LogP contribution in [-0.2, 0) is 7.05 Å². The average Bonchev–Trinajstić information content (AvgIpc) is 2.65. The Hall–Kier alpha value is -1.88. The number of pyridine rings is 1. The maximum atomic E-state index is 9.31. The fourth-order valence-corrected chi connectivity index (χ4v) is 1.27. The van der Waals surface area contributed by atoms with Crippen LogP contribution in [0.1, 0.15) is 18.6 Å². The van der Waals surface area contributed by atoms with Gasteiger partial charge in [-0.05, 0) is 18.6 Å². The minimum Gasteiger partial charge on any atom is -0.436 e. The molecule has 1 atom stereocenters. The molecule has 0 spiro atoms. The zero-order valence-corrected chi connectivity index (χ0v) is 9.16. The van der Waals surface area contributed by atoms with Gasteiger partial charge >= 0.3 is 0 Å². The summed E-state index contributed by atoms with van der Waals surface area (Å²) in [5.41, 5.74) is 0.763. The summed E-state index contributed by atoms with van der Waals surface area (Å²) in [5.74, 6) is 1.12. The van der Waals surface area contributed by atoms with Crippen molar-refractivity contribution in [1.82, 2.24) is 14.8 Å². The van der Waals surface area contributed by atoms with Crippen molar-refractivity contribution in [3.05, 3.63) is 36.3 Å². The molecule has 0 unspecified atom stereocenters. The third-order valence-corrected chi connectivity index (χ3v) is 2.15. The van der Waals surface area contributed by atoms with Crippen molar-refractivity contribution in [1.29, 1.82) is 0 Å². The van der Waals surface area contributed by atoms with E-state index in [1.165, 1.54) is 0 Å². The second-order valence-electron chi connectivity index (χ2n) is 3.56. The van der Waals surface area contributed by atoms with Crippen LogP contribution >= 0.6 is 0 Å². The van der Waals surface area contributed by atoms with Crippen molar-refractivity contribution in [3.8, 4) is 11.6 Å². The fourth-order valence-electron chi connectivity index (χ4n) is 1.27. The summed E-state index contributed by atoms with van der Waals surface area (Å²) in [6.07, 6.45) is 4.45. The molecule has 16 heavy (non-hydrogen) atoms. The Morgan fingerprint density at radius 2 is 2.19 bits per heavy atom. The smallest absolute Gasteiger partial charge is 0.219 e.